The first-order valence-corrected chi connectivity index (χ1v) is 5.00. The van der Waals surface area contributed by atoms with E-state index in [1.165, 1.54) is 4.57 Å². The lowest BCUT2D eigenvalue weighted by Crippen LogP contribution is -2.22. The molecule has 3 N–H and O–H groups in total. The van der Waals surface area contributed by atoms with Gasteiger partial charge < -0.3 is 10.3 Å². The van der Waals surface area contributed by atoms with Gasteiger partial charge in [0.05, 0.1) is 10.9 Å². The van der Waals surface area contributed by atoms with Crippen LogP contribution < -0.4 is 11.3 Å². The molecule has 0 unspecified atom stereocenters. The minimum absolute atomic E-state index is 0.0455. The number of carbonyl (C=O) groups is 1. The third-order valence-electron chi connectivity index (χ3n) is 2.22. The molecule has 0 aliphatic carbocycles. The number of hydrogen-bond donors (Lipinski definition) is 2. The number of aromatic nitrogens is 2. The van der Waals surface area contributed by atoms with Crippen LogP contribution in [0.5, 0.6) is 0 Å². The fourth-order valence-corrected chi connectivity index (χ4v) is 1.81. The number of amides is 1. The average Bonchev–Trinajstić information content (AvgIpc) is 2.24. The molecule has 0 spiro atoms. The Labute approximate surface area is 95.5 Å². The number of nitrogens with two attached hydrogens (primary N) is 1. The number of fused-ring (bicyclic) bond motifs is 1. The van der Waals surface area contributed by atoms with Gasteiger partial charge in [0.15, 0.2) is 4.77 Å². The number of aromatic amines is 1. The van der Waals surface area contributed by atoms with Crippen LogP contribution in [0.15, 0.2) is 29.1 Å². The molecule has 1 heterocycles. The molecule has 0 saturated heterocycles. The van der Waals surface area contributed by atoms with E-state index in [4.69, 9.17) is 18.0 Å². The topological polar surface area (TPSA) is 80.9 Å². The number of carbonyl (C=O) groups excluding carboxylic acids is 1. The highest BCUT2D eigenvalue weighted by Gasteiger charge is 2.06. The van der Waals surface area contributed by atoms with Gasteiger partial charge in [-0.15, -0.1) is 0 Å². The van der Waals surface area contributed by atoms with Gasteiger partial charge in [0.2, 0.25) is 5.91 Å². The predicted octanol–water partition coefficient (Wildman–Crippen LogP) is 0.544. The Morgan fingerprint density at radius 1 is 1.44 bits per heavy atom. The maximum atomic E-state index is 11.6. The van der Waals surface area contributed by atoms with E-state index >= 15 is 0 Å². The first-order chi connectivity index (χ1) is 7.59. The van der Waals surface area contributed by atoms with Crippen molar-refractivity contribution in [3.8, 4) is 0 Å². The summed E-state index contributed by atoms with van der Waals surface area (Å²) in [7, 11) is 0. The molecule has 1 amide bonds. The van der Waals surface area contributed by atoms with Crippen molar-refractivity contribution in [3.05, 3.63) is 39.4 Å². The van der Waals surface area contributed by atoms with E-state index in [0.29, 0.717) is 10.9 Å². The number of H-pyrrole nitrogens is 1. The second-order valence-electron chi connectivity index (χ2n) is 3.33. The van der Waals surface area contributed by atoms with Gasteiger partial charge >= 0.3 is 0 Å². The third-order valence-corrected chi connectivity index (χ3v) is 2.54. The Balaban J connectivity index is 2.87. The minimum Gasteiger partial charge on any atom is -0.368 e. The van der Waals surface area contributed by atoms with Gasteiger partial charge in [-0.05, 0) is 24.4 Å². The summed E-state index contributed by atoms with van der Waals surface area (Å²) < 4.78 is 1.71. The molecule has 0 atom stereocenters. The largest absolute Gasteiger partial charge is 0.368 e. The van der Waals surface area contributed by atoms with Crippen LogP contribution in [0.2, 0.25) is 0 Å². The van der Waals surface area contributed by atoms with Crippen LogP contribution in [-0.2, 0) is 11.3 Å². The highest BCUT2D eigenvalue weighted by molar-refractivity contribution is 7.71. The van der Waals surface area contributed by atoms with E-state index in [1.807, 2.05) is 0 Å². The first kappa shape index (κ1) is 10.6. The molecule has 0 bridgehead atoms. The molecule has 0 saturated carbocycles. The summed E-state index contributed by atoms with van der Waals surface area (Å²) in [5.41, 5.74) is 5.47. The van der Waals surface area contributed by atoms with Crippen molar-refractivity contribution in [3.63, 3.8) is 0 Å². The zero-order chi connectivity index (χ0) is 11.7. The van der Waals surface area contributed by atoms with Crippen LogP contribution in [0.3, 0.4) is 0 Å². The second kappa shape index (κ2) is 3.90. The van der Waals surface area contributed by atoms with E-state index in [9.17, 15) is 9.59 Å². The molecule has 0 aliphatic rings. The van der Waals surface area contributed by atoms with Gasteiger partial charge in [-0.25, -0.2) is 0 Å². The van der Waals surface area contributed by atoms with E-state index < -0.39 is 5.91 Å². The molecule has 5 nitrogen and oxygen atoms in total. The zero-order valence-electron chi connectivity index (χ0n) is 8.27. The standard InChI is InChI=1S/C10H9N3O2S/c11-8(14)5-13-7-4-2-1-3-6(7)9(15)12-10(13)16/h1-4H,5H2,(H2,11,14)(H,12,15,16). The van der Waals surface area contributed by atoms with E-state index in [2.05, 4.69) is 4.98 Å². The first-order valence-electron chi connectivity index (χ1n) is 4.60. The summed E-state index contributed by atoms with van der Waals surface area (Å²) >= 11 is 4.98. The number of rotatable bonds is 2. The van der Waals surface area contributed by atoms with Crippen molar-refractivity contribution < 1.29 is 4.79 Å². The van der Waals surface area contributed by atoms with Crippen LogP contribution in [0.4, 0.5) is 0 Å². The number of hydrogen-bond acceptors (Lipinski definition) is 3. The highest BCUT2D eigenvalue weighted by Crippen LogP contribution is 2.08. The van der Waals surface area contributed by atoms with Crippen molar-refractivity contribution in [2.24, 2.45) is 5.73 Å². The summed E-state index contributed by atoms with van der Waals surface area (Å²) in [4.78, 5) is 25.0. The molecule has 0 fully saturated rings. The van der Waals surface area contributed by atoms with E-state index in [0.717, 1.165) is 0 Å². The van der Waals surface area contributed by atoms with Crippen molar-refractivity contribution in [2.45, 2.75) is 6.54 Å². The van der Waals surface area contributed by atoms with Gasteiger partial charge in [0.25, 0.3) is 5.56 Å². The third kappa shape index (κ3) is 1.74. The molecule has 2 aromatic rings. The van der Waals surface area contributed by atoms with Crippen LogP contribution in [0.25, 0.3) is 10.9 Å². The predicted molar refractivity (Wildman–Crippen MR) is 62.6 cm³/mol. The normalized spacial score (nSPS) is 10.5. The zero-order valence-corrected chi connectivity index (χ0v) is 9.08. The van der Waals surface area contributed by atoms with E-state index in [1.54, 1.807) is 24.3 Å². The lowest BCUT2D eigenvalue weighted by atomic mass is 10.2. The van der Waals surface area contributed by atoms with Gasteiger partial charge in [-0.1, -0.05) is 12.1 Å². The molecule has 0 aliphatic heterocycles. The summed E-state index contributed by atoms with van der Waals surface area (Å²) in [6, 6.07) is 6.91. The SMILES string of the molecule is NC(=O)Cn1c(=S)[nH]c(=O)c2ccccc21. The molecule has 82 valence electrons. The van der Waals surface area contributed by atoms with Gasteiger partial charge in [-0.3, -0.25) is 14.6 Å². The number of primary amides is 1. The Morgan fingerprint density at radius 3 is 2.81 bits per heavy atom. The van der Waals surface area contributed by atoms with Crippen molar-refractivity contribution in [2.75, 3.05) is 0 Å². The Hall–Kier alpha value is -1.95. The van der Waals surface area contributed by atoms with Crippen molar-refractivity contribution in [1.82, 2.24) is 9.55 Å². The maximum Gasteiger partial charge on any atom is 0.259 e. The summed E-state index contributed by atoms with van der Waals surface area (Å²) in [5, 5.41) is 0.484. The van der Waals surface area contributed by atoms with E-state index in [-0.39, 0.29) is 16.9 Å². The lowest BCUT2D eigenvalue weighted by Gasteiger charge is -2.08. The Bertz CT molecular complexity index is 672. The molecule has 6 heteroatoms. The minimum atomic E-state index is -0.506. The van der Waals surface area contributed by atoms with Crippen molar-refractivity contribution in [1.29, 1.82) is 0 Å². The average molecular weight is 235 g/mol. The smallest absolute Gasteiger partial charge is 0.259 e. The van der Waals surface area contributed by atoms with Gasteiger partial charge in [0.1, 0.15) is 6.54 Å². The fourth-order valence-electron chi connectivity index (χ4n) is 1.56. The molecule has 1 aromatic carbocycles. The summed E-state index contributed by atoms with van der Waals surface area (Å²) in [6.07, 6.45) is 0. The monoisotopic (exact) mass is 235 g/mol. The second-order valence-corrected chi connectivity index (χ2v) is 3.72. The molecular formula is C10H9N3O2S. The van der Waals surface area contributed by atoms with Crippen LogP contribution in [-0.4, -0.2) is 15.5 Å². The Kier molecular flexibility index (Phi) is 2.57. The number of para-hydroxylation sites is 1. The highest BCUT2D eigenvalue weighted by atomic mass is 32.1. The molecule has 2 rings (SSSR count). The molecule has 0 radical (unpaired) electrons. The lowest BCUT2D eigenvalue weighted by molar-refractivity contribution is -0.118. The van der Waals surface area contributed by atoms with Crippen LogP contribution in [0.1, 0.15) is 0 Å². The van der Waals surface area contributed by atoms with Crippen LogP contribution >= 0.6 is 12.2 Å². The van der Waals surface area contributed by atoms with Crippen LogP contribution in [0, 0.1) is 4.77 Å². The Morgan fingerprint density at radius 2 is 2.12 bits per heavy atom. The fraction of sp³-hybridized carbons (Fsp3) is 0.100. The molecule has 1 aromatic heterocycles. The number of nitrogens with one attached hydrogen (secondary N) is 1. The quantitative estimate of drug-likeness (QED) is 0.746. The number of benzene rings is 1. The molecule has 16 heavy (non-hydrogen) atoms. The molecular weight excluding hydrogens is 226 g/mol. The summed E-state index contributed by atoms with van der Waals surface area (Å²) in [6.45, 7) is -0.0455. The van der Waals surface area contributed by atoms with Crippen molar-refractivity contribution >= 4 is 29.0 Å². The van der Waals surface area contributed by atoms with Gasteiger partial charge in [-0.2, -0.15) is 0 Å². The number of nitrogens with zero attached hydrogens (tertiary/aromatic N) is 1. The maximum absolute atomic E-state index is 11.6. The van der Waals surface area contributed by atoms with Gasteiger partial charge in [0, 0.05) is 0 Å². The summed E-state index contributed by atoms with van der Waals surface area (Å²) in [5.74, 6) is -0.506.